The minimum atomic E-state index is -0.123. The molecule has 4 heteroatoms. The van der Waals surface area contributed by atoms with Gasteiger partial charge in [-0.2, -0.15) is 0 Å². The van der Waals surface area contributed by atoms with Crippen LogP contribution in [0, 0.1) is 6.92 Å². The molecule has 24 heavy (non-hydrogen) atoms. The summed E-state index contributed by atoms with van der Waals surface area (Å²) in [6, 6.07) is 3.98. The molecule has 0 unspecified atom stereocenters. The molecule has 3 N–H and O–H groups in total. The van der Waals surface area contributed by atoms with E-state index < -0.39 is 0 Å². The van der Waals surface area contributed by atoms with E-state index in [1.165, 1.54) is 0 Å². The Morgan fingerprint density at radius 3 is 2.42 bits per heavy atom. The molecule has 0 aliphatic rings. The van der Waals surface area contributed by atoms with Crippen molar-refractivity contribution in [3.63, 3.8) is 0 Å². The van der Waals surface area contributed by atoms with Gasteiger partial charge in [0.2, 0.25) is 5.91 Å². The molecule has 1 rings (SSSR count). The summed E-state index contributed by atoms with van der Waals surface area (Å²) in [6.45, 7) is 9.08. The number of aliphatic hydroxyl groups is 1. The van der Waals surface area contributed by atoms with Crippen molar-refractivity contribution < 1.29 is 15.0 Å². The molecule has 1 amide bonds. The Hall–Kier alpha value is -1.55. The zero-order chi connectivity index (χ0) is 18.2. The first kappa shape index (κ1) is 20.5. The predicted molar refractivity (Wildman–Crippen MR) is 98.4 cm³/mol. The first-order chi connectivity index (χ1) is 11.3. The van der Waals surface area contributed by atoms with E-state index in [2.05, 4.69) is 26.1 Å². The molecule has 0 aliphatic heterocycles. The number of hydrogen-bond donors (Lipinski definition) is 3. The van der Waals surface area contributed by atoms with Gasteiger partial charge in [-0.3, -0.25) is 4.79 Å². The van der Waals surface area contributed by atoms with Crippen LogP contribution in [0.4, 0.5) is 0 Å². The maximum atomic E-state index is 11.9. The van der Waals surface area contributed by atoms with Crippen LogP contribution < -0.4 is 5.32 Å². The predicted octanol–water partition coefficient (Wildman–Crippen LogP) is 3.60. The molecule has 0 aromatic heterocycles. The number of aliphatic hydroxyl groups excluding tert-OH is 1. The summed E-state index contributed by atoms with van der Waals surface area (Å²) in [6.07, 6.45) is 4.98. The van der Waals surface area contributed by atoms with E-state index in [1.807, 2.05) is 19.1 Å². The van der Waals surface area contributed by atoms with Gasteiger partial charge in [0.15, 0.2) is 0 Å². The average molecular weight is 335 g/mol. The Bertz CT molecular complexity index is 532. The van der Waals surface area contributed by atoms with E-state index in [1.54, 1.807) is 0 Å². The van der Waals surface area contributed by atoms with Gasteiger partial charge in [0.1, 0.15) is 5.75 Å². The van der Waals surface area contributed by atoms with Crippen LogP contribution in [0.3, 0.4) is 0 Å². The monoisotopic (exact) mass is 335 g/mol. The number of aromatic hydroxyl groups is 1. The minimum absolute atomic E-state index is 0.0696. The number of unbranched alkanes of at least 4 members (excludes halogenated alkanes) is 3. The fraction of sp³-hybridized carbons (Fsp3) is 0.650. The van der Waals surface area contributed by atoms with Crippen molar-refractivity contribution in [3.8, 4) is 5.75 Å². The lowest BCUT2D eigenvalue weighted by Gasteiger charge is -2.22. The second-order valence-corrected chi connectivity index (χ2v) is 7.55. The van der Waals surface area contributed by atoms with E-state index in [4.69, 9.17) is 5.11 Å². The molecular weight excluding hydrogens is 302 g/mol. The zero-order valence-electron chi connectivity index (χ0n) is 15.6. The Morgan fingerprint density at radius 1 is 1.12 bits per heavy atom. The van der Waals surface area contributed by atoms with Crippen LogP contribution in [0.1, 0.15) is 69.6 Å². The lowest BCUT2D eigenvalue weighted by Crippen LogP contribution is -2.24. The molecule has 4 nitrogen and oxygen atoms in total. The smallest absolute Gasteiger partial charge is 0.220 e. The van der Waals surface area contributed by atoms with Crippen molar-refractivity contribution in [1.82, 2.24) is 5.32 Å². The Labute approximate surface area is 146 Å². The standard InChI is InChI=1S/C20H33NO3/c1-15-13-16(14-17(19(15)24)20(2,3)4)9-10-18(23)21-11-7-5-6-8-12-22/h13-14,22,24H,5-12H2,1-4H3,(H,21,23). The lowest BCUT2D eigenvalue weighted by atomic mass is 9.83. The number of phenolic OH excluding ortho intramolecular Hbond substituents is 1. The van der Waals surface area contributed by atoms with E-state index in [-0.39, 0.29) is 17.9 Å². The van der Waals surface area contributed by atoms with Crippen molar-refractivity contribution in [2.75, 3.05) is 13.2 Å². The number of phenols is 1. The van der Waals surface area contributed by atoms with Gasteiger partial charge in [0.05, 0.1) is 0 Å². The zero-order valence-corrected chi connectivity index (χ0v) is 15.6. The van der Waals surface area contributed by atoms with Crippen molar-refractivity contribution >= 4 is 5.91 Å². The van der Waals surface area contributed by atoms with Crippen LogP contribution in [-0.4, -0.2) is 29.3 Å². The first-order valence-corrected chi connectivity index (χ1v) is 8.96. The number of rotatable bonds is 9. The van der Waals surface area contributed by atoms with Gasteiger partial charge in [-0.1, -0.05) is 45.7 Å². The van der Waals surface area contributed by atoms with Crippen LogP contribution in [0.25, 0.3) is 0 Å². The molecule has 0 aliphatic carbocycles. The molecule has 0 atom stereocenters. The summed E-state index contributed by atoms with van der Waals surface area (Å²) >= 11 is 0. The van der Waals surface area contributed by atoms with Crippen molar-refractivity contribution in [2.24, 2.45) is 0 Å². The van der Waals surface area contributed by atoms with E-state index in [0.29, 0.717) is 25.1 Å². The summed E-state index contributed by atoms with van der Waals surface area (Å²) in [4.78, 5) is 11.9. The molecule has 0 radical (unpaired) electrons. The molecule has 0 saturated carbocycles. The SMILES string of the molecule is Cc1cc(CCC(=O)NCCCCCCO)cc(C(C)(C)C)c1O. The van der Waals surface area contributed by atoms with Crippen LogP contribution in [0.15, 0.2) is 12.1 Å². The number of carbonyl (C=O) groups is 1. The van der Waals surface area contributed by atoms with Gasteiger partial charge in [-0.15, -0.1) is 0 Å². The van der Waals surface area contributed by atoms with E-state index in [9.17, 15) is 9.90 Å². The number of benzene rings is 1. The summed E-state index contributed by atoms with van der Waals surface area (Å²) in [5, 5.41) is 21.9. The van der Waals surface area contributed by atoms with Crippen LogP contribution in [0.5, 0.6) is 5.75 Å². The lowest BCUT2D eigenvalue weighted by molar-refractivity contribution is -0.121. The highest BCUT2D eigenvalue weighted by atomic mass is 16.3. The Morgan fingerprint density at radius 2 is 1.79 bits per heavy atom. The number of hydrogen-bond acceptors (Lipinski definition) is 3. The highest BCUT2D eigenvalue weighted by Crippen LogP contribution is 2.34. The van der Waals surface area contributed by atoms with E-state index in [0.717, 1.165) is 42.4 Å². The third-order valence-electron chi connectivity index (χ3n) is 4.22. The number of aryl methyl sites for hydroxylation is 2. The van der Waals surface area contributed by atoms with Gasteiger partial charge in [0.25, 0.3) is 0 Å². The highest BCUT2D eigenvalue weighted by Gasteiger charge is 2.20. The molecular formula is C20H33NO3. The number of amides is 1. The Kier molecular flexibility index (Phi) is 8.26. The molecule has 1 aromatic carbocycles. The van der Waals surface area contributed by atoms with Gasteiger partial charge in [-0.05, 0) is 48.3 Å². The number of carbonyl (C=O) groups excluding carboxylic acids is 1. The molecule has 0 spiro atoms. The molecule has 1 aromatic rings. The highest BCUT2D eigenvalue weighted by molar-refractivity contribution is 5.76. The fourth-order valence-electron chi connectivity index (χ4n) is 2.73. The maximum Gasteiger partial charge on any atom is 0.220 e. The van der Waals surface area contributed by atoms with Crippen LogP contribution in [-0.2, 0) is 16.6 Å². The second kappa shape index (κ2) is 9.67. The molecule has 0 bridgehead atoms. The molecule has 0 saturated heterocycles. The van der Waals surface area contributed by atoms with Gasteiger partial charge in [-0.25, -0.2) is 0 Å². The topological polar surface area (TPSA) is 69.6 Å². The maximum absolute atomic E-state index is 11.9. The number of nitrogens with one attached hydrogen (secondary N) is 1. The minimum Gasteiger partial charge on any atom is -0.507 e. The first-order valence-electron chi connectivity index (χ1n) is 8.96. The van der Waals surface area contributed by atoms with E-state index >= 15 is 0 Å². The fourth-order valence-corrected chi connectivity index (χ4v) is 2.73. The third kappa shape index (κ3) is 6.91. The molecule has 136 valence electrons. The summed E-state index contributed by atoms with van der Waals surface area (Å²) < 4.78 is 0. The molecule has 0 heterocycles. The summed E-state index contributed by atoms with van der Waals surface area (Å²) in [7, 11) is 0. The van der Waals surface area contributed by atoms with Gasteiger partial charge in [0, 0.05) is 19.6 Å². The second-order valence-electron chi connectivity index (χ2n) is 7.55. The van der Waals surface area contributed by atoms with Gasteiger partial charge >= 0.3 is 0 Å². The van der Waals surface area contributed by atoms with Crippen molar-refractivity contribution in [1.29, 1.82) is 0 Å². The average Bonchev–Trinajstić information content (AvgIpc) is 2.50. The molecule has 0 fully saturated rings. The van der Waals surface area contributed by atoms with Gasteiger partial charge < -0.3 is 15.5 Å². The summed E-state index contributed by atoms with van der Waals surface area (Å²) in [5.74, 6) is 0.429. The Balaban J connectivity index is 2.47. The van der Waals surface area contributed by atoms with Crippen molar-refractivity contribution in [2.45, 2.75) is 71.6 Å². The van der Waals surface area contributed by atoms with Crippen LogP contribution >= 0.6 is 0 Å². The largest absolute Gasteiger partial charge is 0.507 e. The normalized spacial score (nSPS) is 11.5. The van der Waals surface area contributed by atoms with Crippen molar-refractivity contribution in [3.05, 3.63) is 28.8 Å². The third-order valence-corrected chi connectivity index (χ3v) is 4.22. The quantitative estimate of drug-likeness (QED) is 0.604. The summed E-state index contributed by atoms with van der Waals surface area (Å²) in [5.41, 5.74) is 2.76. The van der Waals surface area contributed by atoms with Crippen LogP contribution in [0.2, 0.25) is 0 Å².